The van der Waals surface area contributed by atoms with E-state index in [-0.39, 0.29) is 13.2 Å². The predicted molar refractivity (Wildman–Crippen MR) is 112 cm³/mol. The molecule has 0 atom stereocenters. The van der Waals surface area contributed by atoms with Gasteiger partial charge in [-0.2, -0.15) is 4.99 Å². The summed E-state index contributed by atoms with van der Waals surface area (Å²) in [4.78, 5) is 28.9. The zero-order valence-electron chi connectivity index (χ0n) is 16.2. The summed E-state index contributed by atoms with van der Waals surface area (Å²) >= 11 is 1.28. The van der Waals surface area contributed by atoms with Crippen molar-refractivity contribution in [2.75, 3.05) is 13.2 Å². The molecule has 2 aromatic carbocycles. The van der Waals surface area contributed by atoms with Crippen LogP contribution in [-0.2, 0) is 16.1 Å². The van der Waals surface area contributed by atoms with Crippen molar-refractivity contribution in [3.05, 3.63) is 58.4 Å². The van der Waals surface area contributed by atoms with Gasteiger partial charge in [0.2, 0.25) is 0 Å². The van der Waals surface area contributed by atoms with E-state index >= 15 is 0 Å². The van der Waals surface area contributed by atoms with Crippen molar-refractivity contribution in [1.29, 1.82) is 0 Å². The lowest BCUT2D eigenvalue weighted by Crippen LogP contribution is -2.19. The first-order chi connectivity index (χ1) is 14.0. The van der Waals surface area contributed by atoms with Crippen LogP contribution in [0.1, 0.15) is 22.8 Å². The fraction of sp³-hybridized carbons (Fsp3) is 0.227. The summed E-state index contributed by atoms with van der Waals surface area (Å²) in [6.45, 7) is 4.08. The second-order valence-corrected chi connectivity index (χ2v) is 7.20. The molecule has 1 amide bonds. The number of terminal acetylenes is 1. The molecule has 0 aliphatic heterocycles. The van der Waals surface area contributed by atoms with Gasteiger partial charge in [-0.15, -0.1) is 6.42 Å². The first-order valence-electron chi connectivity index (χ1n) is 9.03. The molecular formula is C22H20N2O4S. The number of carbonyl (C=O) groups excluding carboxylic acids is 2. The lowest BCUT2D eigenvalue weighted by Gasteiger charge is -2.04. The topological polar surface area (TPSA) is 69.9 Å². The highest BCUT2D eigenvalue weighted by Gasteiger charge is 2.12. The summed E-state index contributed by atoms with van der Waals surface area (Å²) in [5.74, 6) is 2.37. The lowest BCUT2D eigenvalue weighted by atomic mass is 10.2. The van der Waals surface area contributed by atoms with E-state index < -0.39 is 11.9 Å². The average Bonchev–Trinajstić information content (AvgIpc) is 3.03. The molecule has 7 heteroatoms. The van der Waals surface area contributed by atoms with Crippen LogP contribution in [0.25, 0.3) is 10.2 Å². The molecule has 148 valence electrons. The van der Waals surface area contributed by atoms with E-state index in [0.29, 0.717) is 22.7 Å². The van der Waals surface area contributed by atoms with Gasteiger partial charge in [-0.1, -0.05) is 29.4 Å². The van der Waals surface area contributed by atoms with E-state index in [1.54, 1.807) is 35.8 Å². The van der Waals surface area contributed by atoms with Gasteiger partial charge in [0.25, 0.3) is 5.91 Å². The molecule has 0 radical (unpaired) electrons. The molecular weight excluding hydrogens is 388 g/mol. The van der Waals surface area contributed by atoms with Crippen LogP contribution in [0, 0.1) is 19.3 Å². The van der Waals surface area contributed by atoms with Gasteiger partial charge in [0.15, 0.2) is 11.4 Å². The monoisotopic (exact) mass is 408 g/mol. The largest absolute Gasteiger partial charge is 0.484 e. The zero-order valence-corrected chi connectivity index (χ0v) is 17.0. The van der Waals surface area contributed by atoms with Crippen molar-refractivity contribution < 1.29 is 19.1 Å². The molecule has 0 aliphatic carbocycles. The summed E-state index contributed by atoms with van der Waals surface area (Å²) in [6.07, 6.45) is 5.49. The maximum atomic E-state index is 12.3. The molecule has 0 N–H and O–H groups in total. The molecule has 0 saturated carbocycles. The van der Waals surface area contributed by atoms with Gasteiger partial charge < -0.3 is 14.0 Å². The standard InChI is InChI=1S/C22H20N2O4S/c1-4-11-24-18-10-9-16(21(26)27-5-2)13-19(18)29-22(24)23-20(25)14-28-17-8-6-7-15(3)12-17/h1,6-10,12-13H,5,11,14H2,2-3H3. The van der Waals surface area contributed by atoms with Crippen LogP contribution in [-0.4, -0.2) is 29.7 Å². The maximum Gasteiger partial charge on any atom is 0.338 e. The minimum atomic E-state index is -0.422. The van der Waals surface area contributed by atoms with E-state index in [0.717, 1.165) is 15.8 Å². The van der Waals surface area contributed by atoms with Crippen LogP contribution in [0.4, 0.5) is 0 Å². The van der Waals surface area contributed by atoms with Crippen molar-refractivity contribution in [2.24, 2.45) is 4.99 Å². The van der Waals surface area contributed by atoms with Gasteiger partial charge >= 0.3 is 5.97 Å². The number of rotatable bonds is 6. The van der Waals surface area contributed by atoms with Crippen molar-refractivity contribution >= 4 is 33.4 Å². The number of hydrogen-bond acceptors (Lipinski definition) is 5. The SMILES string of the molecule is C#CCn1c(=NC(=O)COc2cccc(C)c2)sc2cc(C(=O)OCC)ccc21. The summed E-state index contributed by atoms with van der Waals surface area (Å²) < 4.78 is 13.1. The highest BCUT2D eigenvalue weighted by Crippen LogP contribution is 2.20. The van der Waals surface area contributed by atoms with E-state index in [2.05, 4.69) is 10.9 Å². The highest BCUT2D eigenvalue weighted by atomic mass is 32.1. The highest BCUT2D eigenvalue weighted by molar-refractivity contribution is 7.16. The fourth-order valence-electron chi connectivity index (χ4n) is 2.73. The van der Waals surface area contributed by atoms with E-state index in [1.807, 2.05) is 25.1 Å². The smallest absolute Gasteiger partial charge is 0.338 e. The van der Waals surface area contributed by atoms with Crippen LogP contribution in [0.2, 0.25) is 0 Å². The minimum absolute atomic E-state index is 0.179. The molecule has 6 nitrogen and oxygen atoms in total. The quantitative estimate of drug-likeness (QED) is 0.463. The Labute approximate surface area is 172 Å². The number of fused-ring (bicyclic) bond motifs is 1. The molecule has 0 saturated heterocycles. The molecule has 0 aliphatic rings. The Hall–Kier alpha value is -3.37. The van der Waals surface area contributed by atoms with Gasteiger partial charge in [-0.3, -0.25) is 4.79 Å². The first kappa shape index (κ1) is 20.4. The Morgan fingerprint density at radius 1 is 1.24 bits per heavy atom. The summed E-state index contributed by atoms with van der Waals surface area (Å²) in [7, 11) is 0. The van der Waals surface area contributed by atoms with Crippen LogP contribution in [0.15, 0.2) is 47.5 Å². The Morgan fingerprint density at radius 3 is 2.79 bits per heavy atom. The van der Waals surface area contributed by atoms with Crippen molar-refractivity contribution in [1.82, 2.24) is 4.57 Å². The Morgan fingerprint density at radius 2 is 2.07 bits per heavy atom. The van der Waals surface area contributed by atoms with E-state index in [1.165, 1.54) is 11.3 Å². The van der Waals surface area contributed by atoms with Gasteiger partial charge in [-0.05, 0) is 49.7 Å². The Kier molecular flexibility index (Phi) is 6.47. The lowest BCUT2D eigenvalue weighted by molar-refractivity contribution is -0.120. The molecule has 29 heavy (non-hydrogen) atoms. The molecule has 1 aromatic heterocycles. The van der Waals surface area contributed by atoms with Crippen LogP contribution < -0.4 is 9.54 Å². The Balaban J connectivity index is 1.90. The summed E-state index contributed by atoms with van der Waals surface area (Å²) in [5.41, 5.74) is 2.28. The molecule has 0 unspecified atom stereocenters. The van der Waals surface area contributed by atoms with Gasteiger partial charge in [0.1, 0.15) is 5.75 Å². The predicted octanol–water partition coefficient (Wildman–Crippen LogP) is 3.33. The molecule has 3 aromatic rings. The van der Waals surface area contributed by atoms with Crippen LogP contribution in [0.3, 0.4) is 0 Å². The van der Waals surface area contributed by atoms with Crippen molar-refractivity contribution in [2.45, 2.75) is 20.4 Å². The molecule has 0 bridgehead atoms. The number of ether oxygens (including phenoxy) is 2. The second-order valence-electron chi connectivity index (χ2n) is 6.19. The number of benzene rings is 2. The third-order valence-corrected chi connectivity index (χ3v) is 5.06. The number of aryl methyl sites for hydroxylation is 1. The van der Waals surface area contributed by atoms with Crippen LogP contribution in [0.5, 0.6) is 5.75 Å². The maximum absolute atomic E-state index is 12.3. The average molecular weight is 408 g/mol. The summed E-state index contributed by atoms with van der Waals surface area (Å²) in [5, 5.41) is 0. The van der Waals surface area contributed by atoms with Crippen molar-refractivity contribution in [3.63, 3.8) is 0 Å². The number of hydrogen-bond donors (Lipinski definition) is 0. The number of carbonyl (C=O) groups is 2. The van der Waals surface area contributed by atoms with E-state index in [4.69, 9.17) is 15.9 Å². The molecule has 3 rings (SSSR count). The minimum Gasteiger partial charge on any atom is -0.484 e. The van der Waals surface area contributed by atoms with Crippen LogP contribution >= 0.6 is 11.3 Å². The first-order valence-corrected chi connectivity index (χ1v) is 9.84. The summed E-state index contributed by atoms with van der Waals surface area (Å²) in [6, 6.07) is 12.6. The molecule has 0 spiro atoms. The number of aromatic nitrogens is 1. The van der Waals surface area contributed by atoms with E-state index in [9.17, 15) is 9.59 Å². The third-order valence-electron chi connectivity index (χ3n) is 4.02. The van der Waals surface area contributed by atoms with Gasteiger partial charge in [0.05, 0.1) is 28.9 Å². The van der Waals surface area contributed by atoms with Gasteiger partial charge in [0, 0.05) is 0 Å². The number of thiazole rings is 1. The molecule has 1 heterocycles. The zero-order chi connectivity index (χ0) is 20.8. The Bertz CT molecular complexity index is 1170. The number of esters is 1. The fourth-order valence-corrected chi connectivity index (χ4v) is 3.82. The van der Waals surface area contributed by atoms with Crippen molar-refractivity contribution in [3.8, 4) is 18.1 Å². The molecule has 0 fully saturated rings. The normalized spacial score (nSPS) is 11.3. The number of nitrogens with zero attached hydrogens (tertiary/aromatic N) is 2. The second kappa shape index (κ2) is 9.22. The van der Waals surface area contributed by atoms with Gasteiger partial charge in [-0.25, -0.2) is 4.79 Å². The number of amides is 1. The third kappa shape index (κ3) is 4.92.